The van der Waals surface area contributed by atoms with Crippen molar-refractivity contribution < 1.29 is 22.7 Å². The van der Waals surface area contributed by atoms with Gasteiger partial charge in [-0.2, -0.15) is 0 Å². The van der Waals surface area contributed by atoms with Gasteiger partial charge in [0.2, 0.25) is 11.8 Å². The maximum Gasteiger partial charge on any atom is 0.264 e. The van der Waals surface area contributed by atoms with Gasteiger partial charge in [0.05, 0.1) is 17.7 Å². The number of sulfonamides is 1. The minimum atomic E-state index is -4.26. The minimum absolute atomic E-state index is 0.0262. The van der Waals surface area contributed by atoms with Crippen molar-refractivity contribution in [1.29, 1.82) is 0 Å². The summed E-state index contributed by atoms with van der Waals surface area (Å²) in [5.41, 5.74) is 2.90. The molecule has 0 unspecified atom stereocenters. The molecule has 4 aromatic rings. The highest BCUT2D eigenvalue weighted by Crippen LogP contribution is 2.28. The van der Waals surface area contributed by atoms with E-state index in [9.17, 15) is 18.0 Å². The normalized spacial score (nSPS) is 12.5. The van der Waals surface area contributed by atoms with E-state index >= 15 is 0 Å². The van der Waals surface area contributed by atoms with Gasteiger partial charge in [-0.15, -0.1) is 0 Å². The molecule has 0 fully saturated rings. The summed E-state index contributed by atoms with van der Waals surface area (Å²) in [5, 5.41) is 3.36. The second-order valence-corrected chi connectivity index (χ2v) is 13.5. The molecule has 4 rings (SSSR count). The number of halogens is 1. The summed E-state index contributed by atoms with van der Waals surface area (Å²) in [6, 6.07) is 28.4. The Balaban J connectivity index is 1.81. The predicted molar refractivity (Wildman–Crippen MR) is 183 cm³/mol. The standard InChI is InChI=1S/C36H40ClN3O5S/c1-5-27(3)38-36(42)34(22-28-12-7-6-8-13-28)39(24-29-14-9-11-26(2)21-29)35(41)25-40(31-16-10-15-30(37)23-31)46(43,44)33-19-17-32(45-4)18-20-33/h6-21,23,27,34H,5,22,24-25H2,1-4H3,(H,38,42)/t27-,34+/m0/s1. The van der Waals surface area contributed by atoms with E-state index in [1.165, 1.54) is 30.2 Å². The van der Waals surface area contributed by atoms with Gasteiger partial charge in [-0.3, -0.25) is 13.9 Å². The van der Waals surface area contributed by atoms with Crippen molar-refractivity contribution in [3.05, 3.63) is 125 Å². The van der Waals surface area contributed by atoms with E-state index in [0.717, 1.165) is 21.0 Å². The van der Waals surface area contributed by atoms with Crippen molar-refractivity contribution >= 4 is 39.1 Å². The molecule has 0 heterocycles. The fourth-order valence-electron chi connectivity index (χ4n) is 5.04. The Morgan fingerprint density at radius 3 is 2.20 bits per heavy atom. The summed E-state index contributed by atoms with van der Waals surface area (Å²) >= 11 is 6.30. The average molecular weight is 662 g/mol. The third-order valence-corrected chi connectivity index (χ3v) is 9.75. The Hall–Kier alpha value is -4.34. The first-order valence-corrected chi connectivity index (χ1v) is 16.9. The quantitative estimate of drug-likeness (QED) is 0.169. The smallest absolute Gasteiger partial charge is 0.264 e. The maximum atomic E-state index is 14.6. The largest absolute Gasteiger partial charge is 0.497 e. The molecule has 8 nitrogen and oxygen atoms in total. The van der Waals surface area contributed by atoms with Gasteiger partial charge in [0.25, 0.3) is 10.0 Å². The Kier molecular flexibility index (Phi) is 11.8. The number of rotatable bonds is 14. The van der Waals surface area contributed by atoms with E-state index in [-0.39, 0.29) is 35.5 Å². The first-order valence-electron chi connectivity index (χ1n) is 15.1. The number of hydrogen-bond acceptors (Lipinski definition) is 5. The van der Waals surface area contributed by atoms with Crippen LogP contribution in [-0.2, 0) is 32.6 Å². The highest BCUT2D eigenvalue weighted by atomic mass is 35.5. The average Bonchev–Trinajstić information content (AvgIpc) is 3.05. The van der Waals surface area contributed by atoms with Crippen LogP contribution in [0.4, 0.5) is 5.69 Å². The zero-order chi connectivity index (χ0) is 33.3. The van der Waals surface area contributed by atoms with Gasteiger partial charge in [0.1, 0.15) is 18.3 Å². The number of carbonyl (C=O) groups is 2. The zero-order valence-electron chi connectivity index (χ0n) is 26.5. The Bertz CT molecular complexity index is 1730. The van der Waals surface area contributed by atoms with Gasteiger partial charge in [0, 0.05) is 24.0 Å². The van der Waals surface area contributed by atoms with Gasteiger partial charge in [0.15, 0.2) is 0 Å². The van der Waals surface area contributed by atoms with Crippen molar-refractivity contribution in [3.8, 4) is 5.75 Å². The fraction of sp³-hybridized carbons (Fsp3) is 0.278. The highest BCUT2D eigenvalue weighted by molar-refractivity contribution is 7.92. The summed E-state index contributed by atoms with van der Waals surface area (Å²) in [6.07, 6.45) is 0.946. The molecule has 0 saturated carbocycles. The van der Waals surface area contributed by atoms with Crippen LogP contribution in [0.3, 0.4) is 0 Å². The van der Waals surface area contributed by atoms with Gasteiger partial charge < -0.3 is 15.0 Å². The van der Waals surface area contributed by atoms with Crippen molar-refractivity contribution in [1.82, 2.24) is 10.2 Å². The Morgan fingerprint density at radius 2 is 1.57 bits per heavy atom. The van der Waals surface area contributed by atoms with E-state index in [1.54, 1.807) is 30.3 Å². The van der Waals surface area contributed by atoms with Crippen molar-refractivity contribution in [3.63, 3.8) is 0 Å². The summed E-state index contributed by atoms with van der Waals surface area (Å²) in [4.78, 5) is 30.0. The molecule has 2 amide bonds. The number of hydrogen-bond donors (Lipinski definition) is 1. The topological polar surface area (TPSA) is 96.0 Å². The van der Waals surface area contributed by atoms with E-state index < -0.39 is 28.5 Å². The van der Waals surface area contributed by atoms with Crippen LogP contribution in [0.1, 0.15) is 37.0 Å². The van der Waals surface area contributed by atoms with Gasteiger partial charge in [-0.25, -0.2) is 8.42 Å². The van der Waals surface area contributed by atoms with E-state index in [0.29, 0.717) is 17.2 Å². The summed E-state index contributed by atoms with van der Waals surface area (Å²) in [7, 11) is -2.77. The number of ether oxygens (including phenoxy) is 1. The number of nitrogens with zero attached hydrogens (tertiary/aromatic N) is 2. The molecule has 0 radical (unpaired) electrons. The lowest BCUT2D eigenvalue weighted by Gasteiger charge is -2.34. The molecular weight excluding hydrogens is 622 g/mol. The minimum Gasteiger partial charge on any atom is -0.497 e. The number of methoxy groups -OCH3 is 1. The highest BCUT2D eigenvalue weighted by Gasteiger charge is 2.35. The van der Waals surface area contributed by atoms with Crippen LogP contribution in [0.2, 0.25) is 5.02 Å². The second kappa shape index (κ2) is 15.8. The molecule has 0 bridgehead atoms. The third kappa shape index (κ3) is 8.89. The van der Waals surface area contributed by atoms with Crippen LogP contribution in [0.25, 0.3) is 0 Å². The predicted octanol–water partition coefficient (Wildman–Crippen LogP) is 6.41. The molecule has 2 atom stereocenters. The van der Waals surface area contributed by atoms with Crippen LogP contribution >= 0.6 is 11.6 Å². The molecule has 1 N–H and O–H groups in total. The van der Waals surface area contributed by atoms with Crippen molar-refractivity contribution in [2.24, 2.45) is 0 Å². The summed E-state index contributed by atoms with van der Waals surface area (Å²) in [6.45, 7) is 5.36. The lowest BCUT2D eigenvalue weighted by atomic mass is 10.0. The molecule has 0 aliphatic heterocycles. The van der Waals surface area contributed by atoms with Crippen molar-refractivity contribution in [2.75, 3.05) is 18.0 Å². The SMILES string of the molecule is CC[C@H](C)NC(=O)[C@@H](Cc1ccccc1)N(Cc1cccc(C)c1)C(=O)CN(c1cccc(Cl)c1)S(=O)(=O)c1ccc(OC)cc1. The van der Waals surface area contributed by atoms with Crippen LogP contribution < -0.4 is 14.4 Å². The molecule has 46 heavy (non-hydrogen) atoms. The first kappa shape index (κ1) is 34.5. The monoisotopic (exact) mass is 661 g/mol. The number of nitrogens with one attached hydrogen (secondary N) is 1. The van der Waals surface area contributed by atoms with E-state index in [4.69, 9.17) is 16.3 Å². The van der Waals surface area contributed by atoms with Crippen LogP contribution in [0, 0.1) is 6.92 Å². The van der Waals surface area contributed by atoms with Gasteiger partial charge in [-0.05, 0) is 73.9 Å². The van der Waals surface area contributed by atoms with E-state index in [2.05, 4.69) is 5.32 Å². The molecule has 0 aliphatic rings. The second-order valence-electron chi connectivity index (χ2n) is 11.2. The molecule has 0 saturated heterocycles. The van der Waals surface area contributed by atoms with Crippen molar-refractivity contribution in [2.45, 2.75) is 57.1 Å². The molecule has 0 aromatic heterocycles. The van der Waals surface area contributed by atoms with Gasteiger partial charge in [-0.1, -0.05) is 84.8 Å². The number of amides is 2. The Labute approximate surface area is 277 Å². The number of benzene rings is 4. The molecule has 10 heteroatoms. The molecular formula is C36H40ClN3O5S. The van der Waals surface area contributed by atoms with Crippen LogP contribution in [0.5, 0.6) is 5.75 Å². The number of carbonyl (C=O) groups excluding carboxylic acids is 2. The lowest BCUT2D eigenvalue weighted by molar-refractivity contribution is -0.140. The maximum absolute atomic E-state index is 14.6. The number of anilines is 1. The van der Waals surface area contributed by atoms with Crippen LogP contribution in [-0.4, -0.2) is 50.9 Å². The van der Waals surface area contributed by atoms with E-state index in [1.807, 2.05) is 75.4 Å². The summed E-state index contributed by atoms with van der Waals surface area (Å²) in [5.74, 6) is -0.366. The van der Waals surface area contributed by atoms with Gasteiger partial charge >= 0.3 is 0 Å². The Morgan fingerprint density at radius 1 is 0.891 bits per heavy atom. The van der Waals surface area contributed by atoms with Crippen LogP contribution in [0.15, 0.2) is 108 Å². The molecule has 4 aromatic carbocycles. The summed E-state index contributed by atoms with van der Waals surface area (Å²) < 4.78 is 34.6. The fourth-order valence-corrected chi connectivity index (χ4v) is 6.63. The lowest BCUT2D eigenvalue weighted by Crippen LogP contribution is -2.54. The molecule has 0 spiro atoms. The first-order chi connectivity index (χ1) is 22.0. The molecule has 0 aliphatic carbocycles. The number of aryl methyl sites for hydroxylation is 1. The third-order valence-electron chi connectivity index (χ3n) is 7.73. The zero-order valence-corrected chi connectivity index (χ0v) is 28.1. The molecule has 242 valence electrons.